The number of hydrogen-bond acceptors (Lipinski definition) is 5. The number of piperidine rings is 1. The number of likely N-dealkylation sites (tertiary alicyclic amines) is 1. The molecular formula is C26H22FN5O. The molecule has 0 spiro atoms. The van der Waals surface area contributed by atoms with Gasteiger partial charge in [-0.05, 0) is 66.9 Å². The van der Waals surface area contributed by atoms with Crippen LogP contribution in [0.2, 0.25) is 0 Å². The summed E-state index contributed by atoms with van der Waals surface area (Å²) >= 11 is 0. The smallest absolute Gasteiger partial charge is 0.253 e. The number of pyridine rings is 2. The molecule has 164 valence electrons. The fourth-order valence-electron chi connectivity index (χ4n) is 4.26. The Bertz CT molecular complexity index is 1250. The maximum Gasteiger partial charge on any atom is 0.253 e. The molecule has 3 aromatic heterocycles. The van der Waals surface area contributed by atoms with Crippen molar-refractivity contribution in [3.63, 3.8) is 0 Å². The highest BCUT2D eigenvalue weighted by Crippen LogP contribution is 2.34. The summed E-state index contributed by atoms with van der Waals surface area (Å²) in [5, 5.41) is 0. The standard InChI is InChI=1S/C26H22FN5O/c27-22-5-3-20(4-6-22)26(33)32-15-1-2-21(17-32)24-23(18-7-11-28-12-8-18)16-30-25(31-24)19-9-13-29-14-10-19/h3-14,16,21H,1-2,15,17H2/t21-/m0/s1. The van der Waals surface area contributed by atoms with Gasteiger partial charge >= 0.3 is 0 Å². The Balaban J connectivity index is 1.50. The minimum absolute atomic E-state index is 0.0508. The fraction of sp³-hybridized carbons (Fsp3) is 0.192. The third kappa shape index (κ3) is 4.48. The van der Waals surface area contributed by atoms with Gasteiger partial charge in [-0.1, -0.05) is 0 Å². The van der Waals surface area contributed by atoms with E-state index in [1.807, 2.05) is 35.4 Å². The molecule has 5 rings (SSSR count). The fourth-order valence-corrected chi connectivity index (χ4v) is 4.26. The number of nitrogens with zero attached hydrogens (tertiary/aromatic N) is 5. The number of carbonyl (C=O) groups is 1. The van der Waals surface area contributed by atoms with Crippen LogP contribution in [0.4, 0.5) is 4.39 Å². The van der Waals surface area contributed by atoms with Gasteiger partial charge < -0.3 is 4.90 Å². The number of carbonyl (C=O) groups excluding carboxylic acids is 1. The van der Waals surface area contributed by atoms with Crippen LogP contribution < -0.4 is 0 Å². The van der Waals surface area contributed by atoms with Crippen molar-refractivity contribution < 1.29 is 9.18 Å². The van der Waals surface area contributed by atoms with E-state index in [9.17, 15) is 9.18 Å². The molecule has 1 aliphatic rings. The maximum atomic E-state index is 13.3. The lowest BCUT2D eigenvalue weighted by atomic mass is 9.89. The predicted molar refractivity (Wildman–Crippen MR) is 123 cm³/mol. The van der Waals surface area contributed by atoms with Crippen molar-refractivity contribution in [3.05, 3.63) is 96.6 Å². The molecule has 1 atom stereocenters. The van der Waals surface area contributed by atoms with Gasteiger partial charge in [-0.15, -0.1) is 0 Å². The van der Waals surface area contributed by atoms with Crippen LogP contribution in [0.5, 0.6) is 0 Å². The molecule has 0 aliphatic carbocycles. The lowest BCUT2D eigenvalue weighted by molar-refractivity contribution is 0.0706. The van der Waals surface area contributed by atoms with Gasteiger partial charge in [0.15, 0.2) is 5.82 Å². The Labute approximate surface area is 191 Å². The van der Waals surface area contributed by atoms with Crippen molar-refractivity contribution in [3.8, 4) is 22.5 Å². The minimum atomic E-state index is -0.352. The van der Waals surface area contributed by atoms with Crippen molar-refractivity contribution in [2.24, 2.45) is 0 Å². The second kappa shape index (κ2) is 9.24. The molecule has 1 aliphatic heterocycles. The summed E-state index contributed by atoms with van der Waals surface area (Å²) in [4.78, 5) is 32.7. The lowest BCUT2D eigenvalue weighted by Crippen LogP contribution is -2.39. The number of hydrogen-bond donors (Lipinski definition) is 0. The number of amides is 1. The van der Waals surface area contributed by atoms with Crippen molar-refractivity contribution in [1.82, 2.24) is 24.8 Å². The van der Waals surface area contributed by atoms with Crippen LogP contribution in [0.25, 0.3) is 22.5 Å². The molecular weight excluding hydrogens is 417 g/mol. The van der Waals surface area contributed by atoms with E-state index in [4.69, 9.17) is 4.98 Å². The Morgan fingerprint density at radius 3 is 2.27 bits per heavy atom. The van der Waals surface area contributed by atoms with E-state index < -0.39 is 0 Å². The van der Waals surface area contributed by atoms with Crippen molar-refractivity contribution in [2.45, 2.75) is 18.8 Å². The van der Waals surface area contributed by atoms with E-state index in [0.29, 0.717) is 24.5 Å². The molecule has 33 heavy (non-hydrogen) atoms. The van der Waals surface area contributed by atoms with E-state index >= 15 is 0 Å². The summed E-state index contributed by atoms with van der Waals surface area (Å²) in [6.07, 6.45) is 10.6. The van der Waals surface area contributed by atoms with E-state index in [1.54, 1.807) is 24.8 Å². The Kier molecular flexibility index (Phi) is 5.85. The summed E-state index contributed by atoms with van der Waals surface area (Å²) in [6.45, 7) is 1.21. The average Bonchev–Trinajstić information content (AvgIpc) is 2.89. The van der Waals surface area contributed by atoms with Crippen LogP contribution in [-0.2, 0) is 0 Å². The molecule has 1 amide bonds. The maximum absolute atomic E-state index is 13.3. The van der Waals surface area contributed by atoms with Crippen molar-refractivity contribution >= 4 is 5.91 Å². The molecule has 1 saturated heterocycles. The first-order valence-corrected chi connectivity index (χ1v) is 10.9. The second-order valence-electron chi connectivity index (χ2n) is 8.06. The monoisotopic (exact) mass is 439 g/mol. The largest absolute Gasteiger partial charge is 0.338 e. The summed E-state index contributed by atoms with van der Waals surface area (Å²) in [7, 11) is 0. The van der Waals surface area contributed by atoms with Crippen LogP contribution in [0.15, 0.2) is 79.5 Å². The van der Waals surface area contributed by atoms with Crippen molar-refractivity contribution in [1.29, 1.82) is 0 Å². The third-order valence-electron chi connectivity index (χ3n) is 5.93. The molecule has 6 nitrogen and oxygen atoms in total. The van der Waals surface area contributed by atoms with Gasteiger partial charge in [0, 0.05) is 66.7 Å². The zero-order valence-corrected chi connectivity index (χ0v) is 17.9. The first-order valence-electron chi connectivity index (χ1n) is 10.9. The molecule has 4 heterocycles. The Morgan fingerprint density at radius 2 is 1.58 bits per heavy atom. The predicted octanol–water partition coefficient (Wildman–Crippen LogP) is 4.76. The van der Waals surface area contributed by atoms with Gasteiger partial charge in [0.05, 0.1) is 5.69 Å². The minimum Gasteiger partial charge on any atom is -0.338 e. The quantitative estimate of drug-likeness (QED) is 0.459. The lowest BCUT2D eigenvalue weighted by Gasteiger charge is -2.33. The topological polar surface area (TPSA) is 71.9 Å². The number of rotatable bonds is 4. The molecule has 4 aromatic rings. The van der Waals surface area contributed by atoms with Crippen LogP contribution in [0.3, 0.4) is 0 Å². The first-order chi connectivity index (χ1) is 16.2. The number of benzene rings is 1. The summed E-state index contributed by atoms with van der Waals surface area (Å²) in [6, 6.07) is 13.4. The van der Waals surface area contributed by atoms with Gasteiger partial charge in [0.2, 0.25) is 0 Å². The molecule has 0 radical (unpaired) electrons. The van der Waals surface area contributed by atoms with Gasteiger partial charge in [-0.3, -0.25) is 14.8 Å². The van der Waals surface area contributed by atoms with Gasteiger partial charge in [-0.2, -0.15) is 0 Å². The highest BCUT2D eigenvalue weighted by atomic mass is 19.1. The molecule has 0 bridgehead atoms. The molecule has 0 N–H and O–H groups in total. The van der Waals surface area contributed by atoms with Crippen LogP contribution in [0, 0.1) is 5.82 Å². The van der Waals surface area contributed by atoms with Gasteiger partial charge in [0.25, 0.3) is 5.91 Å². The summed E-state index contributed by atoms with van der Waals surface area (Å²) < 4.78 is 13.3. The van der Waals surface area contributed by atoms with E-state index in [-0.39, 0.29) is 17.6 Å². The van der Waals surface area contributed by atoms with E-state index in [2.05, 4.69) is 15.0 Å². The van der Waals surface area contributed by atoms with E-state index in [1.165, 1.54) is 24.3 Å². The van der Waals surface area contributed by atoms with E-state index in [0.717, 1.165) is 35.2 Å². The zero-order valence-electron chi connectivity index (χ0n) is 17.9. The second-order valence-corrected chi connectivity index (χ2v) is 8.06. The number of aromatic nitrogens is 4. The average molecular weight is 439 g/mol. The Hall–Kier alpha value is -4.00. The highest BCUT2D eigenvalue weighted by Gasteiger charge is 2.29. The summed E-state index contributed by atoms with van der Waals surface area (Å²) in [5.74, 6) is 0.241. The number of halogens is 1. The molecule has 1 aromatic carbocycles. The molecule has 0 unspecified atom stereocenters. The van der Waals surface area contributed by atoms with Crippen molar-refractivity contribution in [2.75, 3.05) is 13.1 Å². The highest BCUT2D eigenvalue weighted by molar-refractivity contribution is 5.94. The zero-order chi connectivity index (χ0) is 22.6. The van der Waals surface area contributed by atoms with Crippen LogP contribution in [0.1, 0.15) is 34.8 Å². The SMILES string of the molecule is O=C(c1ccc(F)cc1)N1CCC[C@H](c2nc(-c3ccncc3)ncc2-c2ccncc2)C1. The van der Waals surface area contributed by atoms with Crippen LogP contribution in [-0.4, -0.2) is 43.8 Å². The Morgan fingerprint density at radius 1 is 0.909 bits per heavy atom. The van der Waals surface area contributed by atoms with Crippen LogP contribution >= 0.6 is 0 Å². The molecule has 1 fully saturated rings. The molecule has 0 saturated carbocycles. The summed E-state index contributed by atoms with van der Waals surface area (Å²) in [5.41, 5.74) is 4.23. The molecule has 7 heteroatoms. The van der Waals surface area contributed by atoms with Gasteiger partial charge in [-0.25, -0.2) is 14.4 Å². The van der Waals surface area contributed by atoms with Gasteiger partial charge in [0.1, 0.15) is 5.82 Å². The third-order valence-corrected chi connectivity index (χ3v) is 5.93. The normalized spacial score (nSPS) is 15.9. The first kappa shape index (κ1) is 20.9.